The molecule has 1 unspecified atom stereocenters. The number of aliphatic carboxylic acids is 1. The largest absolute Gasteiger partial charge is 0.481 e. The number of benzene rings is 1. The lowest BCUT2D eigenvalue weighted by Crippen LogP contribution is -2.29. The molecular weight excluding hydrogens is 202 g/mol. The number of carboxylic acids is 1. The summed E-state index contributed by atoms with van der Waals surface area (Å²) in [4.78, 5) is 10.8. The van der Waals surface area contributed by atoms with Crippen LogP contribution in [0.3, 0.4) is 0 Å². The van der Waals surface area contributed by atoms with Crippen LogP contribution in [0.2, 0.25) is 0 Å². The van der Waals surface area contributed by atoms with Gasteiger partial charge in [0, 0.05) is 6.92 Å². The van der Waals surface area contributed by atoms with Crippen molar-refractivity contribution in [1.29, 1.82) is 0 Å². The minimum atomic E-state index is -3.26. The van der Waals surface area contributed by atoms with E-state index in [1.807, 2.05) is 0 Å². The van der Waals surface area contributed by atoms with Gasteiger partial charge in [0.15, 0.2) is 0 Å². The number of carboxylic acid groups (broad SMARTS) is 1. The SMILES string of the molecule is Cc1cccc(C(C(=O)O)C(C)(F)F)c1. The predicted molar refractivity (Wildman–Crippen MR) is 52.2 cm³/mol. The third-order valence-corrected chi connectivity index (χ3v) is 2.13. The lowest BCUT2D eigenvalue weighted by Gasteiger charge is -2.20. The third-order valence-electron chi connectivity index (χ3n) is 2.13. The monoisotopic (exact) mass is 214 g/mol. The second-order valence-corrected chi connectivity index (χ2v) is 3.64. The Kier molecular flexibility index (Phi) is 3.07. The number of hydrogen-bond acceptors (Lipinski definition) is 1. The molecule has 0 saturated heterocycles. The molecule has 0 aromatic heterocycles. The van der Waals surface area contributed by atoms with E-state index < -0.39 is 17.8 Å². The van der Waals surface area contributed by atoms with Crippen molar-refractivity contribution < 1.29 is 18.7 Å². The van der Waals surface area contributed by atoms with Gasteiger partial charge in [0.1, 0.15) is 5.92 Å². The van der Waals surface area contributed by atoms with E-state index in [0.29, 0.717) is 6.92 Å². The van der Waals surface area contributed by atoms with Crippen molar-refractivity contribution in [2.45, 2.75) is 25.7 Å². The fourth-order valence-electron chi connectivity index (χ4n) is 1.50. The van der Waals surface area contributed by atoms with Crippen LogP contribution in [0.1, 0.15) is 24.0 Å². The highest BCUT2D eigenvalue weighted by Gasteiger charge is 2.41. The lowest BCUT2D eigenvalue weighted by atomic mass is 9.92. The van der Waals surface area contributed by atoms with E-state index in [4.69, 9.17) is 5.11 Å². The number of rotatable bonds is 3. The Bertz CT molecular complexity index is 369. The van der Waals surface area contributed by atoms with Crippen molar-refractivity contribution in [3.63, 3.8) is 0 Å². The smallest absolute Gasteiger partial charge is 0.317 e. The fraction of sp³-hybridized carbons (Fsp3) is 0.364. The second kappa shape index (κ2) is 3.96. The third kappa shape index (κ3) is 2.75. The van der Waals surface area contributed by atoms with E-state index in [1.165, 1.54) is 12.1 Å². The Morgan fingerprint density at radius 2 is 2.07 bits per heavy atom. The van der Waals surface area contributed by atoms with E-state index in [2.05, 4.69) is 0 Å². The highest BCUT2D eigenvalue weighted by Crippen LogP contribution is 2.33. The van der Waals surface area contributed by atoms with Crippen LogP contribution in [-0.2, 0) is 4.79 Å². The van der Waals surface area contributed by atoms with Gasteiger partial charge in [0.25, 0.3) is 5.92 Å². The molecule has 0 spiro atoms. The van der Waals surface area contributed by atoms with Gasteiger partial charge in [0.05, 0.1) is 0 Å². The summed E-state index contributed by atoms with van der Waals surface area (Å²) in [6.07, 6.45) is 0. The molecule has 1 aromatic rings. The molecule has 1 atom stereocenters. The first-order valence-electron chi connectivity index (χ1n) is 4.49. The minimum Gasteiger partial charge on any atom is -0.481 e. The normalized spacial score (nSPS) is 13.6. The highest BCUT2D eigenvalue weighted by atomic mass is 19.3. The topological polar surface area (TPSA) is 37.3 Å². The molecule has 0 radical (unpaired) electrons. The molecular formula is C11H12F2O2. The molecule has 1 aromatic carbocycles. The van der Waals surface area contributed by atoms with Crippen molar-refractivity contribution in [2.75, 3.05) is 0 Å². The molecule has 0 aliphatic rings. The van der Waals surface area contributed by atoms with Crippen LogP contribution < -0.4 is 0 Å². The van der Waals surface area contributed by atoms with E-state index in [-0.39, 0.29) is 5.56 Å². The second-order valence-electron chi connectivity index (χ2n) is 3.64. The summed E-state index contributed by atoms with van der Waals surface area (Å²) in [6, 6.07) is 6.18. The Balaban J connectivity index is 3.16. The zero-order chi connectivity index (χ0) is 11.6. The van der Waals surface area contributed by atoms with Gasteiger partial charge < -0.3 is 5.11 Å². The van der Waals surface area contributed by atoms with Gasteiger partial charge in [-0.25, -0.2) is 8.78 Å². The number of carbonyl (C=O) groups is 1. The number of alkyl halides is 2. The zero-order valence-electron chi connectivity index (χ0n) is 8.50. The van der Waals surface area contributed by atoms with Gasteiger partial charge >= 0.3 is 5.97 Å². The van der Waals surface area contributed by atoms with Gasteiger partial charge in [0.2, 0.25) is 0 Å². The summed E-state index contributed by atoms with van der Waals surface area (Å²) in [6.45, 7) is 2.35. The molecule has 0 aliphatic carbocycles. The molecule has 15 heavy (non-hydrogen) atoms. The van der Waals surface area contributed by atoms with Crippen LogP contribution in [0.4, 0.5) is 8.78 Å². The Hall–Kier alpha value is -1.45. The molecule has 0 heterocycles. The van der Waals surface area contributed by atoms with Crippen molar-refractivity contribution in [3.8, 4) is 0 Å². The number of hydrogen-bond donors (Lipinski definition) is 1. The van der Waals surface area contributed by atoms with Crippen LogP contribution in [0.5, 0.6) is 0 Å². The van der Waals surface area contributed by atoms with Crippen molar-refractivity contribution in [1.82, 2.24) is 0 Å². The summed E-state index contributed by atoms with van der Waals surface area (Å²) in [5.74, 6) is -6.55. The van der Waals surface area contributed by atoms with Crippen LogP contribution in [0.25, 0.3) is 0 Å². The van der Waals surface area contributed by atoms with Gasteiger partial charge in [-0.05, 0) is 12.5 Å². The molecule has 1 rings (SSSR count). The summed E-state index contributed by atoms with van der Waals surface area (Å²) in [7, 11) is 0. The molecule has 4 heteroatoms. The average Bonchev–Trinajstić information content (AvgIpc) is 1.99. The van der Waals surface area contributed by atoms with E-state index in [9.17, 15) is 13.6 Å². The number of aryl methyl sites for hydroxylation is 1. The zero-order valence-corrected chi connectivity index (χ0v) is 8.50. The van der Waals surface area contributed by atoms with Crippen LogP contribution in [0, 0.1) is 6.92 Å². The fourth-order valence-corrected chi connectivity index (χ4v) is 1.50. The maximum absolute atomic E-state index is 13.1. The summed E-state index contributed by atoms with van der Waals surface area (Å²) < 4.78 is 26.1. The van der Waals surface area contributed by atoms with E-state index in [1.54, 1.807) is 19.1 Å². The van der Waals surface area contributed by atoms with Crippen LogP contribution in [0.15, 0.2) is 24.3 Å². The first kappa shape index (κ1) is 11.6. The number of halogens is 2. The Labute approximate surface area is 86.5 Å². The van der Waals surface area contributed by atoms with Crippen molar-refractivity contribution >= 4 is 5.97 Å². The molecule has 2 nitrogen and oxygen atoms in total. The first-order valence-corrected chi connectivity index (χ1v) is 4.49. The molecule has 0 fully saturated rings. The molecule has 0 bridgehead atoms. The summed E-state index contributed by atoms with van der Waals surface area (Å²) in [5, 5.41) is 8.77. The molecule has 82 valence electrons. The molecule has 0 amide bonds. The Morgan fingerprint density at radius 3 is 2.47 bits per heavy atom. The lowest BCUT2D eigenvalue weighted by molar-refractivity contribution is -0.147. The van der Waals surface area contributed by atoms with Crippen molar-refractivity contribution in [2.24, 2.45) is 0 Å². The van der Waals surface area contributed by atoms with Gasteiger partial charge in [-0.3, -0.25) is 4.79 Å². The van der Waals surface area contributed by atoms with Crippen molar-refractivity contribution in [3.05, 3.63) is 35.4 Å². The predicted octanol–water partition coefficient (Wildman–Crippen LogP) is 2.82. The average molecular weight is 214 g/mol. The quantitative estimate of drug-likeness (QED) is 0.840. The highest BCUT2D eigenvalue weighted by molar-refractivity contribution is 5.77. The minimum absolute atomic E-state index is 0.134. The van der Waals surface area contributed by atoms with Gasteiger partial charge in [-0.2, -0.15) is 0 Å². The molecule has 0 saturated carbocycles. The maximum atomic E-state index is 13.1. The molecule has 0 aliphatic heterocycles. The summed E-state index contributed by atoms with van der Waals surface area (Å²) >= 11 is 0. The maximum Gasteiger partial charge on any atom is 0.317 e. The molecule has 1 N–H and O–H groups in total. The van der Waals surface area contributed by atoms with E-state index in [0.717, 1.165) is 5.56 Å². The summed E-state index contributed by atoms with van der Waals surface area (Å²) in [5.41, 5.74) is 0.901. The van der Waals surface area contributed by atoms with Gasteiger partial charge in [-0.1, -0.05) is 29.8 Å². The first-order chi connectivity index (χ1) is 6.82. The standard InChI is InChI=1S/C11H12F2O2/c1-7-4-3-5-8(6-7)9(10(14)15)11(2,12)13/h3-6,9H,1-2H3,(H,14,15). The van der Waals surface area contributed by atoms with Crippen LogP contribution in [-0.4, -0.2) is 17.0 Å². The van der Waals surface area contributed by atoms with Crippen LogP contribution >= 0.6 is 0 Å². The Morgan fingerprint density at radius 1 is 1.47 bits per heavy atom. The van der Waals surface area contributed by atoms with E-state index >= 15 is 0 Å². The van der Waals surface area contributed by atoms with Gasteiger partial charge in [-0.15, -0.1) is 0 Å².